The second-order valence-corrected chi connectivity index (χ2v) is 4.43. The van der Waals surface area contributed by atoms with Crippen LogP contribution < -0.4 is 10.2 Å². The number of aryl methyl sites for hydroxylation is 1. The van der Waals surface area contributed by atoms with Crippen LogP contribution in [0, 0.1) is 11.6 Å². The van der Waals surface area contributed by atoms with E-state index in [-0.39, 0.29) is 17.4 Å². The van der Waals surface area contributed by atoms with Gasteiger partial charge in [0.1, 0.15) is 5.56 Å². The van der Waals surface area contributed by atoms with Gasteiger partial charge in [0.2, 0.25) is 11.2 Å². The lowest BCUT2D eigenvalue weighted by molar-refractivity contribution is 0.0693. The minimum absolute atomic E-state index is 0.0903. The Kier molecular flexibility index (Phi) is 4.62. The van der Waals surface area contributed by atoms with Gasteiger partial charge < -0.3 is 14.0 Å². The van der Waals surface area contributed by atoms with Gasteiger partial charge in [-0.2, -0.15) is 4.39 Å². The molecule has 0 radical (unpaired) electrons. The number of halogens is 4. The highest BCUT2D eigenvalue weighted by Crippen LogP contribution is 2.29. The lowest BCUT2D eigenvalue weighted by atomic mass is 10.1. The molecule has 0 unspecified atom stereocenters. The normalized spacial score (nSPS) is 10.7. The van der Waals surface area contributed by atoms with Crippen LogP contribution in [0.15, 0.2) is 17.1 Å². The summed E-state index contributed by atoms with van der Waals surface area (Å²) in [5.41, 5.74) is -1.87. The fourth-order valence-corrected chi connectivity index (χ4v) is 2.20. The number of methoxy groups -OCH3 is 1. The van der Waals surface area contributed by atoms with E-state index in [1.807, 2.05) is 0 Å². The summed E-state index contributed by atoms with van der Waals surface area (Å²) in [6, 6.07) is 0.584. The Labute approximate surface area is 127 Å². The summed E-state index contributed by atoms with van der Waals surface area (Å²) in [5, 5.41) is -0.383. The lowest BCUT2D eigenvalue weighted by Crippen LogP contribution is -2.24. The molecule has 0 saturated carbocycles. The molecular weight excluding hydrogens is 321 g/mol. The van der Waals surface area contributed by atoms with Crippen molar-refractivity contribution in [3.05, 3.63) is 39.7 Å². The number of pyridine rings is 1. The van der Waals surface area contributed by atoms with Gasteiger partial charge in [-0.1, -0.05) is 0 Å². The number of nitrogens with zero attached hydrogens (tertiary/aromatic N) is 1. The Morgan fingerprint density at radius 1 is 1.35 bits per heavy atom. The van der Waals surface area contributed by atoms with Crippen molar-refractivity contribution in [2.45, 2.75) is 13.5 Å². The zero-order valence-corrected chi connectivity index (χ0v) is 12.0. The Morgan fingerprint density at radius 3 is 2.52 bits per heavy atom. The van der Waals surface area contributed by atoms with E-state index in [1.54, 1.807) is 6.92 Å². The monoisotopic (exact) mass is 331 g/mol. The predicted molar refractivity (Wildman–Crippen MR) is 73.7 cm³/mol. The minimum atomic E-state index is -3.41. The van der Waals surface area contributed by atoms with Gasteiger partial charge in [0.05, 0.1) is 18.0 Å². The van der Waals surface area contributed by atoms with E-state index < -0.39 is 41.8 Å². The van der Waals surface area contributed by atoms with E-state index in [9.17, 15) is 27.0 Å². The molecule has 0 fully saturated rings. The molecule has 0 spiro atoms. The molecular formula is C13H10BF4NO4. The van der Waals surface area contributed by atoms with Crippen LogP contribution in [0.1, 0.15) is 17.3 Å². The molecule has 0 atom stereocenters. The molecule has 1 heterocycles. The molecule has 0 bridgehead atoms. The van der Waals surface area contributed by atoms with Crippen LogP contribution in [0.5, 0.6) is 5.75 Å². The molecule has 2 aromatic rings. The van der Waals surface area contributed by atoms with E-state index in [0.29, 0.717) is 6.07 Å². The average molecular weight is 331 g/mol. The van der Waals surface area contributed by atoms with Gasteiger partial charge in [0, 0.05) is 12.7 Å². The first-order chi connectivity index (χ1) is 10.8. The standard InChI is InChI=1S/C13H10BF4NO4/c1-3-19-5-7(13(21)23-14(17)18)11(20)6-4-8(15)9(16)12(22-2)10(6)19/h4-5H,3H2,1-2H3. The van der Waals surface area contributed by atoms with Gasteiger partial charge in [0.25, 0.3) is 0 Å². The third-order valence-electron chi connectivity index (χ3n) is 3.17. The Hall–Kier alpha value is -2.52. The van der Waals surface area contributed by atoms with Crippen LogP contribution >= 0.6 is 0 Å². The van der Waals surface area contributed by atoms with Crippen molar-refractivity contribution in [3.63, 3.8) is 0 Å². The third-order valence-corrected chi connectivity index (χ3v) is 3.17. The van der Waals surface area contributed by atoms with Crippen molar-refractivity contribution in [3.8, 4) is 5.75 Å². The van der Waals surface area contributed by atoms with Gasteiger partial charge in [-0.15, -0.1) is 0 Å². The summed E-state index contributed by atoms with van der Waals surface area (Å²) >= 11 is 0. The second-order valence-electron chi connectivity index (χ2n) is 4.43. The first kappa shape index (κ1) is 16.8. The lowest BCUT2D eigenvalue weighted by Gasteiger charge is -2.15. The largest absolute Gasteiger partial charge is 0.798 e. The van der Waals surface area contributed by atoms with Crippen molar-refractivity contribution < 1.29 is 31.6 Å². The van der Waals surface area contributed by atoms with Crippen molar-refractivity contribution in [2.24, 2.45) is 0 Å². The van der Waals surface area contributed by atoms with E-state index in [4.69, 9.17) is 4.74 Å². The summed E-state index contributed by atoms with van der Waals surface area (Å²) in [4.78, 5) is 23.8. The third kappa shape index (κ3) is 2.88. The number of fused-ring (bicyclic) bond motifs is 1. The number of carbonyl (C=O) groups is 1. The fraction of sp³-hybridized carbons (Fsp3) is 0.231. The van der Waals surface area contributed by atoms with Crippen LogP contribution in [0.4, 0.5) is 17.4 Å². The number of hydrogen-bond donors (Lipinski definition) is 0. The van der Waals surface area contributed by atoms with Gasteiger partial charge in [-0.05, 0) is 13.0 Å². The summed E-state index contributed by atoms with van der Waals surface area (Å²) in [5.74, 6) is -4.75. The highest BCUT2D eigenvalue weighted by atomic mass is 19.2. The molecule has 10 heteroatoms. The number of carbonyl (C=O) groups excluding carboxylic acids is 1. The molecule has 1 aromatic carbocycles. The molecule has 122 valence electrons. The quantitative estimate of drug-likeness (QED) is 0.638. The van der Waals surface area contributed by atoms with Crippen molar-refractivity contribution in [1.82, 2.24) is 4.57 Å². The van der Waals surface area contributed by atoms with E-state index in [2.05, 4.69) is 4.65 Å². The van der Waals surface area contributed by atoms with Gasteiger partial charge in [-0.3, -0.25) is 4.79 Å². The number of hydrogen-bond acceptors (Lipinski definition) is 4. The van der Waals surface area contributed by atoms with Gasteiger partial charge >= 0.3 is 13.4 Å². The highest BCUT2D eigenvalue weighted by molar-refractivity contribution is 6.38. The van der Waals surface area contributed by atoms with Gasteiger partial charge in [-0.25, -0.2) is 17.8 Å². The molecule has 0 aliphatic rings. The van der Waals surface area contributed by atoms with E-state index >= 15 is 0 Å². The summed E-state index contributed by atoms with van der Waals surface area (Å²) in [6.45, 7) is 1.72. The summed E-state index contributed by atoms with van der Waals surface area (Å²) in [6.07, 6.45) is 0.940. The Bertz CT molecular complexity index is 837. The highest BCUT2D eigenvalue weighted by Gasteiger charge is 2.27. The molecule has 0 amide bonds. The topological polar surface area (TPSA) is 57.5 Å². The van der Waals surface area contributed by atoms with Crippen LogP contribution in [0.2, 0.25) is 0 Å². The zero-order valence-electron chi connectivity index (χ0n) is 12.0. The summed E-state index contributed by atoms with van der Waals surface area (Å²) < 4.78 is 61.4. The molecule has 23 heavy (non-hydrogen) atoms. The van der Waals surface area contributed by atoms with Crippen LogP contribution in [0.25, 0.3) is 10.9 Å². The number of aromatic nitrogens is 1. The van der Waals surface area contributed by atoms with E-state index in [1.165, 1.54) is 4.57 Å². The van der Waals surface area contributed by atoms with Crippen molar-refractivity contribution in [2.75, 3.05) is 7.11 Å². The second kappa shape index (κ2) is 6.31. The summed E-state index contributed by atoms with van der Waals surface area (Å²) in [7, 11) is -2.33. The maximum absolute atomic E-state index is 13.8. The van der Waals surface area contributed by atoms with Crippen LogP contribution in [-0.4, -0.2) is 25.1 Å². The fourth-order valence-electron chi connectivity index (χ4n) is 2.20. The molecule has 0 aliphatic heterocycles. The SMILES string of the molecule is CCn1cc(C(=O)OB(F)F)c(=O)c2cc(F)c(F)c(OC)c21. The zero-order chi connectivity index (χ0) is 17.3. The smallest absolute Gasteiger partial charge is 0.491 e. The first-order valence-electron chi connectivity index (χ1n) is 6.40. The van der Waals surface area contributed by atoms with Crippen molar-refractivity contribution >= 4 is 24.3 Å². The van der Waals surface area contributed by atoms with Gasteiger partial charge in [0.15, 0.2) is 11.6 Å². The number of benzene rings is 1. The number of rotatable bonds is 4. The van der Waals surface area contributed by atoms with Crippen LogP contribution in [-0.2, 0) is 11.2 Å². The Balaban J connectivity index is 2.87. The van der Waals surface area contributed by atoms with Crippen LogP contribution in [0.3, 0.4) is 0 Å². The molecule has 0 aliphatic carbocycles. The predicted octanol–water partition coefficient (Wildman–Crippen LogP) is 2.39. The van der Waals surface area contributed by atoms with Crippen molar-refractivity contribution in [1.29, 1.82) is 0 Å². The maximum Gasteiger partial charge on any atom is 0.798 e. The number of ether oxygens (including phenoxy) is 1. The molecule has 5 nitrogen and oxygen atoms in total. The first-order valence-corrected chi connectivity index (χ1v) is 6.40. The average Bonchev–Trinajstić information content (AvgIpc) is 2.49. The molecule has 1 aromatic heterocycles. The molecule has 0 N–H and O–H groups in total. The molecule has 2 rings (SSSR count). The maximum atomic E-state index is 13.8. The molecule has 0 saturated heterocycles. The Morgan fingerprint density at radius 2 is 2.00 bits per heavy atom. The minimum Gasteiger partial charge on any atom is -0.491 e. The van der Waals surface area contributed by atoms with E-state index in [0.717, 1.165) is 13.3 Å².